The number of nitrogens with one attached hydrogen (secondary N) is 1. The van der Waals surface area contributed by atoms with E-state index in [1.807, 2.05) is 4.98 Å². The molecular formula is C11H4BrCl2N3O2. The van der Waals surface area contributed by atoms with Crippen molar-refractivity contribution in [3.05, 3.63) is 59.2 Å². The van der Waals surface area contributed by atoms with Gasteiger partial charge in [0.1, 0.15) is 11.6 Å². The van der Waals surface area contributed by atoms with E-state index >= 15 is 0 Å². The molecule has 0 saturated heterocycles. The van der Waals surface area contributed by atoms with Gasteiger partial charge in [0.15, 0.2) is 0 Å². The van der Waals surface area contributed by atoms with Gasteiger partial charge in [0.05, 0.1) is 15.7 Å². The highest BCUT2D eigenvalue weighted by molar-refractivity contribution is 9.10. The fraction of sp³-hybridized carbons (Fsp3) is 0. The van der Waals surface area contributed by atoms with E-state index in [1.165, 1.54) is 0 Å². The Morgan fingerprint density at radius 2 is 1.95 bits per heavy atom. The van der Waals surface area contributed by atoms with Crippen LogP contribution in [0, 0.1) is 11.3 Å². The Kier molecular flexibility index (Phi) is 3.80. The van der Waals surface area contributed by atoms with Gasteiger partial charge in [-0.05, 0) is 28.1 Å². The lowest BCUT2D eigenvalue weighted by Crippen LogP contribution is -2.30. The zero-order chi connectivity index (χ0) is 14.2. The molecule has 0 aliphatic rings. The van der Waals surface area contributed by atoms with E-state index in [0.717, 1.165) is 10.8 Å². The summed E-state index contributed by atoms with van der Waals surface area (Å²) in [4.78, 5) is 25.1. The van der Waals surface area contributed by atoms with Gasteiger partial charge in [-0.25, -0.2) is 4.79 Å². The molecule has 1 aromatic heterocycles. The minimum Gasteiger partial charge on any atom is -0.273 e. The maximum Gasteiger partial charge on any atom is 0.333 e. The number of nitrogens with zero attached hydrogens (tertiary/aromatic N) is 2. The lowest BCUT2D eigenvalue weighted by Gasteiger charge is -2.09. The van der Waals surface area contributed by atoms with Crippen LogP contribution in [-0.4, -0.2) is 9.55 Å². The highest BCUT2D eigenvalue weighted by Crippen LogP contribution is 2.34. The molecule has 1 N–H and O–H groups in total. The number of aromatic amines is 1. The highest BCUT2D eigenvalue weighted by atomic mass is 79.9. The summed E-state index contributed by atoms with van der Waals surface area (Å²) in [6, 6.07) is 4.83. The first-order valence-corrected chi connectivity index (χ1v) is 6.40. The van der Waals surface area contributed by atoms with E-state index in [4.69, 9.17) is 28.5 Å². The number of hydrogen-bond donors (Lipinski definition) is 1. The van der Waals surface area contributed by atoms with Crippen LogP contribution in [0.2, 0.25) is 10.0 Å². The van der Waals surface area contributed by atoms with Crippen LogP contribution in [0.15, 0.2) is 32.4 Å². The summed E-state index contributed by atoms with van der Waals surface area (Å²) in [5.41, 5.74) is -1.38. The average Bonchev–Trinajstić information content (AvgIpc) is 2.37. The van der Waals surface area contributed by atoms with E-state index in [2.05, 4.69) is 15.9 Å². The second-order valence-corrected chi connectivity index (χ2v) is 5.09. The summed E-state index contributed by atoms with van der Waals surface area (Å²) in [5, 5.41) is 9.16. The maximum absolute atomic E-state index is 11.7. The van der Waals surface area contributed by atoms with Crippen molar-refractivity contribution in [3.63, 3.8) is 0 Å². The second kappa shape index (κ2) is 5.21. The minimum absolute atomic E-state index is 0.133. The molecule has 2 aromatic rings. The first-order valence-electron chi connectivity index (χ1n) is 4.85. The molecule has 19 heavy (non-hydrogen) atoms. The molecule has 1 heterocycles. The summed E-state index contributed by atoms with van der Waals surface area (Å²) in [6.07, 6.45) is 1.12. The highest BCUT2D eigenvalue weighted by Gasteiger charge is 2.13. The zero-order valence-electron chi connectivity index (χ0n) is 9.08. The van der Waals surface area contributed by atoms with Crippen molar-refractivity contribution < 1.29 is 0 Å². The number of hydrogen-bond acceptors (Lipinski definition) is 3. The molecule has 0 bridgehead atoms. The Hall–Kier alpha value is -1.55. The molecule has 8 heteroatoms. The number of aromatic nitrogens is 2. The van der Waals surface area contributed by atoms with E-state index in [-0.39, 0.29) is 21.3 Å². The number of nitriles is 1. The van der Waals surface area contributed by atoms with Gasteiger partial charge >= 0.3 is 5.69 Å². The average molecular weight is 361 g/mol. The van der Waals surface area contributed by atoms with Gasteiger partial charge < -0.3 is 0 Å². The van der Waals surface area contributed by atoms with Crippen molar-refractivity contribution in [2.24, 2.45) is 0 Å². The molecule has 0 aliphatic carbocycles. The van der Waals surface area contributed by atoms with Gasteiger partial charge in [0.25, 0.3) is 5.56 Å². The third kappa shape index (κ3) is 2.45. The van der Waals surface area contributed by atoms with Crippen LogP contribution in [0.3, 0.4) is 0 Å². The molecule has 0 fully saturated rings. The lowest BCUT2D eigenvalue weighted by molar-refractivity contribution is 0.889. The maximum atomic E-state index is 11.7. The van der Waals surface area contributed by atoms with E-state index in [9.17, 15) is 9.59 Å². The minimum atomic E-state index is -0.747. The summed E-state index contributed by atoms with van der Waals surface area (Å²) < 4.78 is 1.63. The Bertz CT molecular complexity index is 820. The Morgan fingerprint density at radius 1 is 1.26 bits per heavy atom. The lowest BCUT2D eigenvalue weighted by atomic mass is 10.3. The number of rotatable bonds is 1. The number of halogens is 3. The molecule has 1 aromatic carbocycles. The van der Waals surface area contributed by atoms with Crippen molar-refractivity contribution in [2.45, 2.75) is 0 Å². The largest absolute Gasteiger partial charge is 0.333 e. The molecule has 5 nitrogen and oxygen atoms in total. The Labute approximate surface area is 125 Å². The molecule has 2 rings (SSSR count). The van der Waals surface area contributed by atoms with Gasteiger partial charge in [-0.1, -0.05) is 23.2 Å². The summed E-state index contributed by atoms with van der Waals surface area (Å²) in [6.45, 7) is 0. The van der Waals surface area contributed by atoms with Crippen LogP contribution in [0.4, 0.5) is 0 Å². The summed E-state index contributed by atoms with van der Waals surface area (Å²) in [7, 11) is 0. The quantitative estimate of drug-likeness (QED) is 0.793. The van der Waals surface area contributed by atoms with Crippen LogP contribution in [0.1, 0.15) is 5.56 Å². The van der Waals surface area contributed by atoms with E-state index in [0.29, 0.717) is 4.47 Å². The third-order valence-electron chi connectivity index (χ3n) is 2.34. The van der Waals surface area contributed by atoms with Crippen LogP contribution in [-0.2, 0) is 0 Å². The second-order valence-electron chi connectivity index (χ2n) is 3.48. The van der Waals surface area contributed by atoms with Gasteiger partial charge in [0, 0.05) is 10.7 Å². The molecule has 0 radical (unpaired) electrons. The SMILES string of the molecule is N#Cc1cn(-c2ccc(Br)c(Cl)c2Cl)c(=O)[nH]c1=O. The molecule has 0 atom stereocenters. The summed E-state index contributed by atoms with van der Waals surface area (Å²) in [5.74, 6) is 0. The number of benzene rings is 1. The van der Waals surface area contributed by atoms with E-state index < -0.39 is 11.2 Å². The normalized spacial score (nSPS) is 10.2. The van der Waals surface area contributed by atoms with Crippen LogP contribution in [0.25, 0.3) is 5.69 Å². The predicted octanol–water partition coefficient (Wildman–Crippen LogP) is 2.47. The van der Waals surface area contributed by atoms with Crippen molar-refractivity contribution in [2.75, 3.05) is 0 Å². The van der Waals surface area contributed by atoms with Gasteiger partial charge in [-0.3, -0.25) is 14.3 Å². The van der Waals surface area contributed by atoms with Crippen LogP contribution < -0.4 is 11.2 Å². The molecule has 0 aliphatic heterocycles. The molecule has 0 saturated carbocycles. The Morgan fingerprint density at radius 3 is 2.58 bits per heavy atom. The molecule has 0 amide bonds. The predicted molar refractivity (Wildman–Crippen MR) is 75.1 cm³/mol. The van der Waals surface area contributed by atoms with Crippen LogP contribution in [0.5, 0.6) is 0 Å². The number of H-pyrrole nitrogens is 1. The molecule has 0 spiro atoms. The zero-order valence-corrected chi connectivity index (χ0v) is 12.2. The first kappa shape index (κ1) is 13.9. The monoisotopic (exact) mass is 359 g/mol. The van der Waals surface area contributed by atoms with Crippen molar-refractivity contribution in [1.29, 1.82) is 5.26 Å². The fourth-order valence-electron chi connectivity index (χ4n) is 1.43. The van der Waals surface area contributed by atoms with Crippen LogP contribution >= 0.6 is 39.1 Å². The molecular weight excluding hydrogens is 357 g/mol. The van der Waals surface area contributed by atoms with Gasteiger partial charge in [0.2, 0.25) is 0 Å². The standard InChI is InChI=1S/C11H4BrCl2N3O2/c12-6-1-2-7(9(14)8(6)13)17-4-5(3-15)10(18)16-11(17)19/h1-2,4H,(H,16,18,19). The third-order valence-corrected chi connectivity index (χ3v) is 4.10. The Balaban J connectivity index is 2.81. The summed E-state index contributed by atoms with van der Waals surface area (Å²) >= 11 is 15.2. The van der Waals surface area contributed by atoms with Crippen molar-refractivity contribution in [1.82, 2.24) is 9.55 Å². The van der Waals surface area contributed by atoms with E-state index in [1.54, 1.807) is 18.2 Å². The first-order chi connectivity index (χ1) is 8.95. The van der Waals surface area contributed by atoms with Gasteiger partial charge in [-0.2, -0.15) is 5.26 Å². The molecule has 96 valence electrons. The smallest absolute Gasteiger partial charge is 0.273 e. The molecule has 0 unspecified atom stereocenters. The van der Waals surface area contributed by atoms with Crippen molar-refractivity contribution in [3.8, 4) is 11.8 Å². The topological polar surface area (TPSA) is 78.7 Å². The van der Waals surface area contributed by atoms with Crippen molar-refractivity contribution >= 4 is 39.1 Å². The fourth-order valence-corrected chi connectivity index (χ4v) is 2.29. The van der Waals surface area contributed by atoms with Gasteiger partial charge in [-0.15, -0.1) is 0 Å².